The highest BCUT2D eigenvalue weighted by molar-refractivity contribution is 5.85. The molecule has 1 aromatic rings. The fourth-order valence-electron chi connectivity index (χ4n) is 3.53. The van der Waals surface area contributed by atoms with E-state index in [0.29, 0.717) is 25.0 Å². The van der Waals surface area contributed by atoms with Crippen molar-refractivity contribution in [3.63, 3.8) is 0 Å². The lowest BCUT2D eigenvalue weighted by atomic mass is 10.1. The van der Waals surface area contributed by atoms with Crippen molar-refractivity contribution in [2.24, 2.45) is 7.05 Å². The molecule has 1 aromatic heterocycles. The number of nitrogens with zero attached hydrogens (tertiary/aromatic N) is 3. The molecule has 0 aromatic carbocycles. The quantitative estimate of drug-likeness (QED) is 0.568. The number of unbranched alkanes of at least 4 members (excludes halogenated alkanes) is 3. The van der Waals surface area contributed by atoms with Crippen LogP contribution < -0.4 is 0 Å². The molecule has 2 aliphatic carbocycles. The van der Waals surface area contributed by atoms with Crippen molar-refractivity contribution in [2.45, 2.75) is 83.3 Å². The van der Waals surface area contributed by atoms with E-state index in [-0.39, 0.29) is 18.4 Å². The molecule has 3 rings (SSSR count). The molecule has 0 N–H and O–H groups in total. The molecule has 0 unspecified atom stereocenters. The first kappa shape index (κ1) is 19.0. The number of rotatable bonds is 11. The maximum absolute atomic E-state index is 13.0. The van der Waals surface area contributed by atoms with Crippen molar-refractivity contribution < 1.29 is 9.59 Å². The normalized spacial score (nSPS) is 16.5. The summed E-state index contributed by atoms with van der Waals surface area (Å²) in [6.07, 6.45) is 11.3. The summed E-state index contributed by atoms with van der Waals surface area (Å²) in [6.45, 7) is 3.09. The molecule has 0 spiro atoms. The third-order valence-electron chi connectivity index (χ3n) is 5.55. The zero-order valence-electron chi connectivity index (χ0n) is 16.3. The molecule has 2 amide bonds. The van der Waals surface area contributed by atoms with Crippen molar-refractivity contribution >= 4 is 11.8 Å². The largest absolute Gasteiger partial charge is 0.353 e. The summed E-state index contributed by atoms with van der Waals surface area (Å²) in [5, 5.41) is 0. The van der Waals surface area contributed by atoms with Crippen molar-refractivity contribution in [1.29, 1.82) is 0 Å². The van der Waals surface area contributed by atoms with Crippen LogP contribution in [0.2, 0.25) is 0 Å². The lowest BCUT2D eigenvalue weighted by Crippen LogP contribution is -2.44. The standard InChI is InChI=1S/C21H33N3O2/c1-3-4-5-6-9-20(25)24(18-12-13-18)16-21(26)23(17-10-11-17)15-19-8-7-14-22(19)2/h7-8,14,17-18H,3-6,9-13,15-16H2,1-2H3. The molecule has 2 aliphatic rings. The molecule has 0 saturated heterocycles. The number of carbonyl (C=O) groups is 2. The van der Waals surface area contributed by atoms with Gasteiger partial charge in [-0.1, -0.05) is 26.2 Å². The fourth-order valence-corrected chi connectivity index (χ4v) is 3.53. The third-order valence-corrected chi connectivity index (χ3v) is 5.55. The lowest BCUT2D eigenvalue weighted by molar-refractivity contribution is -0.141. The van der Waals surface area contributed by atoms with Gasteiger partial charge in [0.1, 0.15) is 6.54 Å². The van der Waals surface area contributed by atoms with E-state index in [1.54, 1.807) is 0 Å². The summed E-state index contributed by atoms with van der Waals surface area (Å²) in [6, 6.07) is 4.74. The highest BCUT2D eigenvalue weighted by atomic mass is 16.2. The predicted octanol–water partition coefficient (Wildman–Crippen LogP) is 3.48. The van der Waals surface area contributed by atoms with Gasteiger partial charge in [0.25, 0.3) is 0 Å². The van der Waals surface area contributed by atoms with E-state index < -0.39 is 0 Å². The monoisotopic (exact) mass is 359 g/mol. The number of aryl methyl sites for hydroxylation is 1. The smallest absolute Gasteiger partial charge is 0.242 e. The molecule has 0 aliphatic heterocycles. The van der Waals surface area contributed by atoms with Gasteiger partial charge in [-0.15, -0.1) is 0 Å². The Morgan fingerprint density at radius 2 is 1.73 bits per heavy atom. The van der Waals surface area contributed by atoms with Crippen molar-refractivity contribution in [3.8, 4) is 0 Å². The van der Waals surface area contributed by atoms with Gasteiger partial charge in [0.15, 0.2) is 0 Å². The second-order valence-electron chi connectivity index (χ2n) is 7.93. The summed E-state index contributed by atoms with van der Waals surface area (Å²) in [5.74, 6) is 0.286. The molecule has 5 heteroatoms. The molecule has 26 heavy (non-hydrogen) atoms. The molecule has 0 radical (unpaired) electrons. The third kappa shape index (κ3) is 5.12. The minimum Gasteiger partial charge on any atom is -0.353 e. The van der Waals surface area contributed by atoms with E-state index in [1.807, 2.05) is 29.1 Å². The van der Waals surface area contributed by atoms with Gasteiger partial charge in [0.05, 0.1) is 6.54 Å². The highest BCUT2D eigenvalue weighted by Gasteiger charge is 2.38. The minimum atomic E-state index is 0.113. The van der Waals surface area contributed by atoms with Crippen LogP contribution in [0.25, 0.3) is 0 Å². The molecule has 0 atom stereocenters. The van der Waals surface area contributed by atoms with Crippen LogP contribution in [0.1, 0.15) is 70.4 Å². The van der Waals surface area contributed by atoms with Crippen LogP contribution in [-0.2, 0) is 23.2 Å². The summed E-state index contributed by atoms with van der Waals surface area (Å²) in [5.41, 5.74) is 1.15. The number of carbonyl (C=O) groups excluding carboxylic acids is 2. The fraction of sp³-hybridized carbons (Fsp3) is 0.714. The summed E-state index contributed by atoms with van der Waals surface area (Å²) >= 11 is 0. The van der Waals surface area contributed by atoms with Gasteiger partial charge in [-0.25, -0.2) is 0 Å². The lowest BCUT2D eigenvalue weighted by Gasteiger charge is -2.28. The zero-order valence-corrected chi connectivity index (χ0v) is 16.3. The van der Waals surface area contributed by atoms with Gasteiger partial charge in [-0.05, 0) is 44.2 Å². The second kappa shape index (κ2) is 8.74. The van der Waals surface area contributed by atoms with E-state index in [2.05, 4.69) is 17.6 Å². The van der Waals surface area contributed by atoms with Crippen LogP contribution in [0.15, 0.2) is 18.3 Å². The average molecular weight is 360 g/mol. The van der Waals surface area contributed by atoms with Crippen LogP contribution in [0.3, 0.4) is 0 Å². The minimum absolute atomic E-state index is 0.113. The predicted molar refractivity (Wildman–Crippen MR) is 102 cm³/mol. The Morgan fingerprint density at radius 3 is 2.31 bits per heavy atom. The van der Waals surface area contributed by atoms with E-state index in [1.165, 1.54) is 12.8 Å². The van der Waals surface area contributed by atoms with E-state index in [9.17, 15) is 9.59 Å². The summed E-state index contributed by atoms with van der Waals surface area (Å²) in [4.78, 5) is 29.5. The maximum Gasteiger partial charge on any atom is 0.242 e. The van der Waals surface area contributed by atoms with Crippen molar-refractivity contribution in [3.05, 3.63) is 24.0 Å². The molecular weight excluding hydrogens is 326 g/mol. The van der Waals surface area contributed by atoms with Gasteiger partial charge in [0, 0.05) is 37.4 Å². The molecule has 144 valence electrons. The summed E-state index contributed by atoms with van der Waals surface area (Å²) < 4.78 is 2.07. The molecule has 2 fully saturated rings. The van der Waals surface area contributed by atoms with Crippen LogP contribution in [0.4, 0.5) is 0 Å². The van der Waals surface area contributed by atoms with Crippen LogP contribution >= 0.6 is 0 Å². The van der Waals surface area contributed by atoms with Gasteiger partial charge >= 0.3 is 0 Å². The van der Waals surface area contributed by atoms with Crippen LogP contribution in [-0.4, -0.2) is 44.8 Å². The first-order valence-corrected chi connectivity index (χ1v) is 10.3. The number of hydrogen-bond acceptors (Lipinski definition) is 2. The highest BCUT2D eigenvalue weighted by Crippen LogP contribution is 2.31. The first-order valence-electron chi connectivity index (χ1n) is 10.3. The number of amides is 2. The number of hydrogen-bond donors (Lipinski definition) is 0. The Hall–Kier alpha value is -1.78. The average Bonchev–Trinajstić information content (AvgIpc) is 3.53. The van der Waals surface area contributed by atoms with Crippen molar-refractivity contribution in [2.75, 3.05) is 6.54 Å². The molecule has 1 heterocycles. The zero-order chi connectivity index (χ0) is 18.5. The van der Waals surface area contributed by atoms with Gasteiger partial charge in [0.2, 0.25) is 11.8 Å². The second-order valence-corrected chi connectivity index (χ2v) is 7.93. The Labute approximate surface area is 157 Å². The molecule has 0 bridgehead atoms. The van der Waals surface area contributed by atoms with Crippen molar-refractivity contribution in [1.82, 2.24) is 14.4 Å². The van der Waals surface area contributed by atoms with Gasteiger partial charge in [-0.3, -0.25) is 9.59 Å². The SMILES string of the molecule is CCCCCCC(=O)N(CC(=O)N(Cc1cccn1C)C1CC1)C1CC1. The first-order chi connectivity index (χ1) is 12.6. The van der Waals surface area contributed by atoms with Crippen LogP contribution in [0, 0.1) is 0 Å². The van der Waals surface area contributed by atoms with E-state index in [4.69, 9.17) is 0 Å². The Morgan fingerprint density at radius 1 is 1.04 bits per heavy atom. The molecule has 2 saturated carbocycles. The molecular formula is C21H33N3O2. The topological polar surface area (TPSA) is 45.6 Å². The summed E-state index contributed by atoms with van der Waals surface area (Å²) in [7, 11) is 2.02. The Balaban J connectivity index is 1.57. The molecule has 5 nitrogen and oxygen atoms in total. The van der Waals surface area contributed by atoms with Gasteiger partial charge in [-0.2, -0.15) is 0 Å². The van der Waals surface area contributed by atoms with Crippen LogP contribution in [0.5, 0.6) is 0 Å². The Kier molecular flexibility index (Phi) is 6.38. The maximum atomic E-state index is 13.0. The van der Waals surface area contributed by atoms with E-state index in [0.717, 1.165) is 44.2 Å². The number of aromatic nitrogens is 1. The van der Waals surface area contributed by atoms with Gasteiger partial charge < -0.3 is 14.4 Å². The Bertz CT molecular complexity index is 617. The van der Waals surface area contributed by atoms with E-state index >= 15 is 0 Å².